The number of aryl methyl sites for hydroxylation is 1. The topological polar surface area (TPSA) is 127 Å². The fourth-order valence-corrected chi connectivity index (χ4v) is 6.50. The lowest BCUT2D eigenvalue weighted by Crippen LogP contribution is -2.34. The molecule has 220 valence electrons. The van der Waals surface area contributed by atoms with E-state index < -0.39 is 6.10 Å². The molecule has 0 bridgehead atoms. The maximum atomic E-state index is 13.5. The van der Waals surface area contributed by atoms with E-state index in [9.17, 15) is 30.3 Å². The van der Waals surface area contributed by atoms with Crippen LogP contribution in [0.25, 0.3) is 0 Å². The number of carbonyl (C=O) groups excluding carboxylic acids is 1. The van der Waals surface area contributed by atoms with Crippen molar-refractivity contribution in [3.8, 4) is 23.0 Å². The number of carbonyl (C=O) groups is 1. The smallest absolute Gasteiger partial charge is 0.160 e. The number of ketones is 1. The summed E-state index contributed by atoms with van der Waals surface area (Å²) < 4.78 is 5.33. The fourth-order valence-electron chi connectivity index (χ4n) is 6.50. The van der Waals surface area contributed by atoms with E-state index in [1.54, 1.807) is 12.1 Å². The van der Waals surface area contributed by atoms with Gasteiger partial charge in [-0.05, 0) is 90.0 Å². The van der Waals surface area contributed by atoms with Crippen molar-refractivity contribution in [2.75, 3.05) is 7.11 Å². The summed E-state index contributed by atoms with van der Waals surface area (Å²) in [6.07, 6.45) is 5.86. The number of phenolic OH excluding ortho intramolecular Hbond substituents is 3. The summed E-state index contributed by atoms with van der Waals surface area (Å²) >= 11 is 0. The molecule has 7 nitrogen and oxygen atoms in total. The van der Waals surface area contributed by atoms with Gasteiger partial charge < -0.3 is 30.3 Å². The summed E-state index contributed by atoms with van der Waals surface area (Å²) in [5, 5.41) is 51.5. The van der Waals surface area contributed by atoms with Gasteiger partial charge in [0.25, 0.3) is 0 Å². The number of Topliss-reactive ketones (excluding diaryl/α,β-unsaturated/α-hetero) is 1. The molecule has 4 rings (SSSR count). The van der Waals surface area contributed by atoms with Crippen LogP contribution in [-0.2, 0) is 23.2 Å². The number of aromatic hydroxyl groups is 3. The molecule has 1 aliphatic carbocycles. The second-order valence-corrected chi connectivity index (χ2v) is 11.5. The number of methoxy groups -OCH3 is 1. The van der Waals surface area contributed by atoms with Gasteiger partial charge in [0.2, 0.25) is 0 Å². The third-order valence-corrected chi connectivity index (χ3v) is 8.64. The Morgan fingerprint density at radius 3 is 2.29 bits per heavy atom. The average Bonchev–Trinajstić information content (AvgIpc) is 2.97. The van der Waals surface area contributed by atoms with Crippen LogP contribution < -0.4 is 4.74 Å². The lowest BCUT2D eigenvalue weighted by atomic mass is 9.66. The molecule has 2 atom stereocenters. The second-order valence-electron chi connectivity index (χ2n) is 11.5. The Morgan fingerprint density at radius 2 is 1.63 bits per heavy atom. The number of rotatable bonds is 13. The molecule has 0 heterocycles. The molecule has 0 aromatic heterocycles. The molecule has 0 aliphatic heterocycles. The van der Waals surface area contributed by atoms with Gasteiger partial charge in [-0.25, -0.2) is 0 Å². The molecular weight excluding hydrogens is 520 g/mol. The van der Waals surface area contributed by atoms with Gasteiger partial charge in [-0.2, -0.15) is 0 Å². The van der Waals surface area contributed by atoms with Gasteiger partial charge in [0.05, 0.1) is 19.8 Å². The first-order chi connectivity index (χ1) is 19.7. The van der Waals surface area contributed by atoms with E-state index in [-0.39, 0.29) is 59.6 Å². The zero-order valence-electron chi connectivity index (χ0n) is 23.8. The molecule has 0 saturated heterocycles. The monoisotopic (exact) mass is 562 g/mol. The number of hydrogen-bond donors (Lipinski definition) is 5. The SMILES string of the molecule is COc1cc(C(CCc2ccccc2)CC(=O)CC(O)CC2(c3ccc(O)c(O)c3)CCCCC2)c(CO)cc1O. The average molecular weight is 563 g/mol. The molecule has 41 heavy (non-hydrogen) atoms. The van der Waals surface area contributed by atoms with Gasteiger partial charge in [0.15, 0.2) is 23.0 Å². The minimum Gasteiger partial charge on any atom is -0.504 e. The minimum absolute atomic E-state index is 0.00265. The predicted octanol–water partition coefficient (Wildman–Crippen LogP) is 6.02. The molecule has 7 heteroatoms. The number of benzene rings is 3. The van der Waals surface area contributed by atoms with E-state index in [4.69, 9.17) is 4.74 Å². The number of ether oxygens (including phenoxy) is 1. The summed E-state index contributed by atoms with van der Waals surface area (Å²) in [6.45, 7) is -0.284. The molecule has 0 spiro atoms. The maximum absolute atomic E-state index is 13.5. The van der Waals surface area contributed by atoms with Crippen molar-refractivity contribution in [2.45, 2.75) is 88.3 Å². The van der Waals surface area contributed by atoms with Crippen molar-refractivity contribution >= 4 is 5.78 Å². The lowest BCUT2D eigenvalue weighted by Gasteiger charge is -2.39. The van der Waals surface area contributed by atoms with Crippen molar-refractivity contribution < 1.29 is 35.1 Å². The van der Waals surface area contributed by atoms with Crippen molar-refractivity contribution in [1.82, 2.24) is 0 Å². The number of aliphatic hydroxyl groups is 2. The summed E-state index contributed by atoms with van der Waals surface area (Å²) in [5.74, 6) is -0.462. The van der Waals surface area contributed by atoms with Crippen LogP contribution in [0.1, 0.15) is 86.0 Å². The van der Waals surface area contributed by atoms with Crippen LogP contribution in [0, 0.1) is 0 Å². The van der Waals surface area contributed by atoms with Gasteiger partial charge >= 0.3 is 0 Å². The Labute approximate surface area is 242 Å². The van der Waals surface area contributed by atoms with E-state index in [1.165, 1.54) is 19.2 Å². The molecule has 0 radical (unpaired) electrons. The van der Waals surface area contributed by atoms with E-state index in [0.717, 1.165) is 55.2 Å². The Kier molecular flexibility index (Phi) is 10.3. The third kappa shape index (κ3) is 7.60. The number of hydrogen-bond acceptors (Lipinski definition) is 7. The highest BCUT2D eigenvalue weighted by molar-refractivity contribution is 5.80. The van der Waals surface area contributed by atoms with Crippen LogP contribution in [0.4, 0.5) is 0 Å². The number of aliphatic hydroxyl groups excluding tert-OH is 2. The summed E-state index contributed by atoms with van der Waals surface area (Å²) in [4.78, 5) is 13.5. The minimum atomic E-state index is -0.863. The highest BCUT2D eigenvalue weighted by Crippen LogP contribution is 2.45. The quantitative estimate of drug-likeness (QED) is 0.161. The van der Waals surface area contributed by atoms with Crippen molar-refractivity contribution in [3.05, 3.63) is 82.9 Å². The van der Waals surface area contributed by atoms with Gasteiger partial charge in [-0.15, -0.1) is 0 Å². The van der Waals surface area contributed by atoms with Crippen molar-refractivity contribution in [3.63, 3.8) is 0 Å². The van der Waals surface area contributed by atoms with Crippen LogP contribution >= 0.6 is 0 Å². The molecule has 3 aromatic rings. The third-order valence-electron chi connectivity index (χ3n) is 8.64. The molecule has 3 aromatic carbocycles. The molecule has 1 fully saturated rings. The highest BCUT2D eigenvalue weighted by Gasteiger charge is 2.37. The molecule has 1 aliphatic rings. The molecule has 1 saturated carbocycles. The largest absolute Gasteiger partial charge is 0.504 e. The van der Waals surface area contributed by atoms with Gasteiger partial charge in [-0.1, -0.05) is 55.7 Å². The van der Waals surface area contributed by atoms with Crippen molar-refractivity contribution in [1.29, 1.82) is 0 Å². The van der Waals surface area contributed by atoms with Crippen LogP contribution in [0.15, 0.2) is 60.7 Å². The first-order valence-electron chi connectivity index (χ1n) is 14.5. The lowest BCUT2D eigenvalue weighted by molar-refractivity contribution is -0.121. The van der Waals surface area contributed by atoms with Crippen LogP contribution in [0.2, 0.25) is 0 Å². The highest BCUT2D eigenvalue weighted by atomic mass is 16.5. The van der Waals surface area contributed by atoms with E-state index in [0.29, 0.717) is 18.4 Å². The normalized spacial score (nSPS) is 16.2. The zero-order chi connectivity index (χ0) is 29.4. The Balaban J connectivity index is 1.53. The van der Waals surface area contributed by atoms with Gasteiger partial charge in [-0.3, -0.25) is 4.79 Å². The molecule has 0 amide bonds. The first-order valence-corrected chi connectivity index (χ1v) is 14.5. The van der Waals surface area contributed by atoms with E-state index in [1.807, 2.05) is 36.4 Å². The van der Waals surface area contributed by atoms with Gasteiger partial charge in [0, 0.05) is 12.8 Å². The zero-order valence-corrected chi connectivity index (χ0v) is 23.8. The maximum Gasteiger partial charge on any atom is 0.160 e. The number of phenols is 3. The molecular formula is C34H42O7. The Morgan fingerprint density at radius 1 is 0.902 bits per heavy atom. The first kappa shape index (κ1) is 30.4. The summed E-state index contributed by atoms with van der Waals surface area (Å²) in [5.41, 5.74) is 2.94. The summed E-state index contributed by atoms with van der Waals surface area (Å²) in [6, 6.07) is 18.1. The van der Waals surface area contributed by atoms with Crippen LogP contribution in [0.5, 0.6) is 23.0 Å². The van der Waals surface area contributed by atoms with Crippen LogP contribution in [-0.4, -0.2) is 44.5 Å². The van der Waals surface area contributed by atoms with Crippen molar-refractivity contribution in [2.24, 2.45) is 0 Å². The Hall–Kier alpha value is -3.55. The van der Waals surface area contributed by atoms with Crippen LogP contribution in [0.3, 0.4) is 0 Å². The van der Waals surface area contributed by atoms with Gasteiger partial charge in [0.1, 0.15) is 5.78 Å². The summed E-state index contributed by atoms with van der Waals surface area (Å²) in [7, 11) is 1.47. The molecule has 2 unspecified atom stereocenters. The standard InChI is InChI=1S/C34H42O7/c1-41-33-20-29(25(22-35)17-32(33)40)24(11-10-23-8-4-2-5-9-23)16-27(36)19-28(37)21-34(14-6-3-7-15-34)26-12-13-30(38)31(39)18-26/h2,4-5,8-9,12-13,17-18,20,24,28,35,37-40H,3,6-7,10-11,14-16,19,21-22H2,1H3. The van der Waals surface area contributed by atoms with E-state index >= 15 is 0 Å². The fraction of sp³-hybridized carbons (Fsp3) is 0.441. The molecule has 5 N–H and O–H groups in total. The van der Waals surface area contributed by atoms with E-state index in [2.05, 4.69) is 0 Å². The Bertz CT molecular complexity index is 1300. The predicted molar refractivity (Wildman–Crippen MR) is 157 cm³/mol. The second kappa shape index (κ2) is 13.9.